The molecule has 0 fully saturated rings. The number of unbranched alkanes of at least 4 members (excludes halogenated alkanes) is 11. The van der Waals surface area contributed by atoms with Crippen molar-refractivity contribution in [2.45, 2.75) is 96.8 Å². The van der Waals surface area contributed by atoms with E-state index in [1.165, 1.54) is 57.8 Å². The van der Waals surface area contributed by atoms with Crippen LogP contribution in [0.1, 0.15) is 96.8 Å². The molecule has 0 aliphatic heterocycles. The Kier molecular flexibility index (Phi) is 25.9. The zero-order chi connectivity index (χ0) is 18.6. The van der Waals surface area contributed by atoms with Crippen molar-refractivity contribution in [2.24, 2.45) is 0 Å². The van der Waals surface area contributed by atoms with Crippen LogP contribution in [0.15, 0.2) is 12.2 Å². The van der Waals surface area contributed by atoms with E-state index >= 15 is 0 Å². The van der Waals surface area contributed by atoms with Crippen LogP contribution < -0.4 is 5.32 Å². The quantitative estimate of drug-likeness (QED) is 0.128. The van der Waals surface area contributed by atoms with Gasteiger partial charge in [-0.25, -0.2) is 0 Å². The number of esters is 2. The van der Waals surface area contributed by atoms with Crippen molar-refractivity contribution in [2.75, 3.05) is 13.6 Å². The molecule has 0 heterocycles. The molecule has 148 valence electrons. The number of likely N-dealkylation sites (N-methyl/N-ethyl adjacent to an activating group) is 1. The Labute approximate surface area is 203 Å². The molecule has 0 bridgehead atoms. The van der Waals surface area contributed by atoms with E-state index in [0.717, 1.165) is 25.7 Å². The molecule has 4 nitrogen and oxygen atoms in total. The Morgan fingerprint density at radius 2 is 1.27 bits per heavy atom. The maximum absolute atomic E-state index is 11.4. The van der Waals surface area contributed by atoms with Crippen LogP contribution in [-0.2, 0) is 14.3 Å². The molecule has 0 aliphatic rings. The summed E-state index contributed by atoms with van der Waals surface area (Å²) in [6.07, 6.45) is 20.9. The van der Waals surface area contributed by atoms with Crippen LogP contribution in [0.4, 0.5) is 0 Å². The second-order valence-corrected chi connectivity index (χ2v) is 6.71. The Balaban J connectivity index is 0. The molecule has 5 heteroatoms. The molecule has 0 saturated carbocycles. The van der Waals surface area contributed by atoms with Gasteiger partial charge in [-0.2, -0.15) is 0 Å². The molecule has 1 N–H and O–H groups in total. The summed E-state index contributed by atoms with van der Waals surface area (Å²) >= 11 is 0. The molecule has 0 rings (SSSR count). The summed E-state index contributed by atoms with van der Waals surface area (Å²) in [5.74, 6) is -0.905. The van der Waals surface area contributed by atoms with Crippen LogP contribution >= 0.6 is 0 Å². The predicted molar refractivity (Wildman–Crippen MR) is 112 cm³/mol. The summed E-state index contributed by atoms with van der Waals surface area (Å²) < 4.78 is 4.66. The van der Waals surface area contributed by atoms with Crippen LogP contribution in [0.3, 0.4) is 0 Å². The third kappa shape index (κ3) is 22.5. The van der Waals surface area contributed by atoms with Gasteiger partial charge in [0.1, 0.15) is 0 Å². The number of carbonyl (C=O) groups is 2. The van der Waals surface area contributed by atoms with E-state index in [1.807, 2.05) is 0 Å². The van der Waals surface area contributed by atoms with Gasteiger partial charge < -0.3 is 10.1 Å². The SMILES string of the molecule is CCCCCCCC/C=C\CCCCCCCC(=O)OC(=O)CNC.[KH]. The number of allylic oxidation sites excluding steroid dienone is 2. The van der Waals surface area contributed by atoms with Crippen molar-refractivity contribution in [3.8, 4) is 0 Å². The van der Waals surface area contributed by atoms with Gasteiger partial charge in [0.15, 0.2) is 0 Å². The van der Waals surface area contributed by atoms with E-state index in [0.29, 0.717) is 6.42 Å². The first-order valence-corrected chi connectivity index (χ1v) is 10.2. The average molecular weight is 394 g/mol. The van der Waals surface area contributed by atoms with Crippen molar-refractivity contribution in [3.63, 3.8) is 0 Å². The minimum atomic E-state index is -0.500. The average Bonchev–Trinajstić information content (AvgIpc) is 2.58. The van der Waals surface area contributed by atoms with Gasteiger partial charge in [0, 0.05) is 6.42 Å². The van der Waals surface area contributed by atoms with Crippen molar-refractivity contribution in [3.05, 3.63) is 12.2 Å². The van der Waals surface area contributed by atoms with Crippen molar-refractivity contribution in [1.82, 2.24) is 5.32 Å². The van der Waals surface area contributed by atoms with Crippen LogP contribution in [-0.4, -0.2) is 76.9 Å². The van der Waals surface area contributed by atoms with Gasteiger partial charge in [0.2, 0.25) is 0 Å². The second kappa shape index (κ2) is 23.5. The summed E-state index contributed by atoms with van der Waals surface area (Å²) in [6.45, 7) is 2.34. The number of hydrogen-bond donors (Lipinski definition) is 1. The first kappa shape index (κ1) is 28.7. The summed E-state index contributed by atoms with van der Waals surface area (Å²) in [5.41, 5.74) is 0. The molecule has 0 aromatic heterocycles. The summed E-state index contributed by atoms with van der Waals surface area (Å²) in [5, 5.41) is 2.66. The molecular weight excluding hydrogens is 353 g/mol. The van der Waals surface area contributed by atoms with Gasteiger partial charge >= 0.3 is 63.3 Å². The van der Waals surface area contributed by atoms with Crippen molar-refractivity contribution >= 4 is 63.3 Å². The number of rotatable bonds is 17. The van der Waals surface area contributed by atoms with E-state index in [4.69, 9.17) is 0 Å². The predicted octanol–water partition coefficient (Wildman–Crippen LogP) is 4.66. The number of hydrogen-bond acceptors (Lipinski definition) is 4. The van der Waals surface area contributed by atoms with Gasteiger partial charge in [0.05, 0.1) is 6.54 Å². The minimum absolute atomic E-state index is 0. The van der Waals surface area contributed by atoms with Crippen LogP contribution in [0.2, 0.25) is 0 Å². The van der Waals surface area contributed by atoms with Gasteiger partial charge in [-0.05, 0) is 39.2 Å². The third-order valence-corrected chi connectivity index (χ3v) is 4.19. The molecule has 0 aliphatic carbocycles. The normalized spacial score (nSPS) is 10.7. The molecule has 0 spiro atoms. The molecule has 0 atom stereocenters. The third-order valence-electron chi connectivity index (χ3n) is 4.19. The molecular formula is C21H40KNO3. The fourth-order valence-corrected chi connectivity index (χ4v) is 2.70. The number of carbonyl (C=O) groups excluding carboxylic acids is 2. The number of nitrogens with one attached hydrogen (secondary N) is 1. The van der Waals surface area contributed by atoms with Crippen molar-refractivity contribution in [1.29, 1.82) is 0 Å². The Bertz CT molecular complexity index is 359. The summed E-state index contributed by atoms with van der Waals surface area (Å²) in [6, 6.07) is 0. The molecule has 0 saturated heterocycles. The van der Waals surface area contributed by atoms with E-state index in [1.54, 1.807) is 7.05 Å². The van der Waals surface area contributed by atoms with Crippen LogP contribution in [0.5, 0.6) is 0 Å². The van der Waals surface area contributed by atoms with Crippen molar-refractivity contribution < 1.29 is 14.3 Å². The molecule has 26 heavy (non-hydrogen) atoms. The van der Waals surface area contributed by atoms with Crippen LogP contribution in [0, 0.1) is 0 Å². The Hall–Kier alpha value is 0.476. The number of ether oxygens (including phenoxy) is 1. The van der Waals surface area contributed by atoms with Gasteiger partial charge in [0.25, 0.3) is 0 Å². The molecule has 0 radical (unpaired) electrons. The van der Waals surface area contributed by atoms with E-state index in [9.17, 15) is 9.59 Å². The first-order chi connectivity index (χ1) is 12.2. The standard InChI is InChI=1S/C21H39NO3.K.H/c1-3-4-5-6-7-8-9-10-11-12-13-14-15-16-17-18-20(23)25-21(24)19-22-2;;/h10-11,22H,3-9,12-19H2,1-2H3;;/b11-10-;;. The monoisotopic (exact) mass is 393 g/mol. The molecule has 0 unspecified atom stereocenters. The zero-order valence-corrected chi connectivity index (χ0v) is 16.5. The van der Waals surface area contributed by atoms with E-state index in [-0.39, 0.29) is 57.9 Å². The van der Waals surface area contributed by atoms with Gasteiger partial charge in [-0.15, -0.1) is 0 Å². The molecule has 0 aromatic rings. The zero-order valence-electron chi connectivity index (χ0n) is 16.5. The topological polar surface area (TPSA) is 55.4 Å². The summed E-state index contributed by atoms with van der Waals surface area (Å²) in [4.78, 5) is 22.5. The first-order valence-electron chi connectivity index (χ1n) is 10.2. The molecule has 0 aromatic carbocycles. The fourth-order valence-electron chi connectivity index (χ4n) is 2.70. The Morgan fingerprint density at radius 1 is 0.769 bits per heavy atom. The summed E-state index contributed by atoms with van der Waals surface area (Å²) in [7, 11) is 1.65. The second-order valence-electron chi connectivity index (χ2n) is 6.71. The fraction of sp³-hybridized carbons (Fsp3) is 0.810. The van der Waals surface area contributed by atoms with E-state index < -0.39 is 11.9 Å². The maximum atomic E-state index is 11.4. The van der Waals surface area contributed by atoms with Gasteiger partial charge in [-0.1, -0.05) is 70.4 Å². The molecule has 0 amide bonds. The van der Waals surface area contributed by atoms with Gasteiger partial charge in [-0.3, -0.25) is 9.59 Å². The van der Waals surface area contributed by atoms with Crippen LogP contribution in [0.25, 0.3) is 0 Å². The van der Waals surface area contributed by atoms with E-state index in [2.05, 4.69) is 29.1 Å². The Morgan fingerprint density at radius 3 is 1.81 bits per heavy atom.